The van der Waals surface area contributed by atoms with Crippen LogP contribution in [0.15, 0.2) is 76.8 Å². The fourth-order valence-electron chi connectivity index (χ4n) is 3.48. The summed E-state index contributed by atoms with van der Waals surface area (Å²) in [5.41, 5.74) is 2.33. The summed E-state index contributed by atoms with van der Waals surface area (Å²) in [5.74, 6) is 0.408. The predicted molar refractivity (Wildman–Crippen MR) is 109 cm³/mol. The van der Waals surface area contributed by atoms with Gasteiger partial charge in [0.15, 0.2) is 11.5 Å². The molecule has 30 heavy (non-hydrogen) atoms. The second kappa shape index (κ2) is 6.50. The van der Waals surface area contributed by atoms with Crippen molar-refractivity contribution < 1.29 is 8.42 Å². The van der Waals surface area contributed by atoms with Crippen molar-refractivity contribution in [3.63, 3.8) is 0 Å². The molecule has 0 atom stereocenters. The van der Waals surface area contributed by atoms with Crippen LogP contribution < -0.4 is 0 Å². The molecule has 5 aromatic rings. The summed E-state index contributed by atoms with van der Waals surface area (Å²) in [6.07, 6.45) is 2.64. The lowest BCUT2D eigenvalue weighted by molar-refractivity contribution is 0.595. The number of fused-ring (bicyclic) bond motifs is 2. The van der Waals surface area contributed by atoms with Crippen LogP contribution in [0.5, 0.6) is 0 Å². The van der Waals surface area contributed by atoms with E-state index in [2.05, 4.69) is 15.1 Å². The molecule has 9 heteroatoms. The van der Waals surface area contributed by atoms with Crippen LogP contribution in [-0.2, 0) is 16.9 Å². The maximum atomic E-state index is 13.5. The molecule has 8 nitrogen and oxygen atoms in total. The van der Waals surface area contributed by atoms with Gasteiger partial charge in [0, 0.05) is 7.05 Å². The van der Waals surface area contributed by atoms with Crippen molar-refractivity contribution in [2.24, 2.45) is 7.05 Å². The summed E-state index contributed by atoms with van der Waals surface area (Å²) in [7, 11) is -2.11. The van der Waals surface area contributed by atoms with Crippen molar-refractivity contribution in [3.05, 3.63) is 72.6 Å². The van der Waals surface area contributed by atoms with Crippen molar-refractivity contribution in [3.8, 4) is 17.6 Å². The molecule has 0 N–H and O–H groups in total. The fraction of sp³-hybridized carbons (Fsp3) is 0.0476. The van der Waals surface area contributed by atoms with Crippen molar-refractivity contribution in [1.82, 2.24) is 24.1 Å². The van der Waals surface area contributed by atoms with E-state index in [-0.39, 0.29) is 26.7 Å². The molecule has 3 heterocycles. The maximum Gasteiger partial charge on any atom is 0.210 e. The van der Waals surface area contributed by atoms with Crippen molar-refractivity contribution in [2.45, 2.75) is 9.79 Å². The summed E-state index contributed by atoms with van der Waals surface area (Å²) >= 11 is 0. The number of hydrogen-bond acceptors (Lipinski definition) is 6. The van der Waals surface area contributed by atoms with Crippen LogP contribution in [0.1, 0.15) is 5.56 Å². The fourth-order valence-corrected chi connectivity index (χ4v) is 4.87. The van der Waals surface area contributed by atoms with Crippen LogP contribution in [0.25, 0.3) is 28.2 Å². The van der Waals surface area contributed by atoms with Crippen LogP contribution in [-0.4, -0.2) is 32.6 Å². The minimum absolute atomic E-state index is 0.0350. The van der Waals surface area contributed by atoms with E-state index >= 15 is 0 Å². The topological polar surface area (TPSA) is 106 Å². The highest BCUT2D eigenvalue weighted by atomic mass is 32.2. The molecule has 0 amide bonds. The Morgan fingerprint density at radius 3 is 2.47 bits per heavy atom. The first kappa shape index (κ1) is 18.0. The first-order valence-electron chi connectivity index (χ1n) is 9.01. The first-order chi connectivity index (χ1) is 14.5. The lowest BCUT2D eigenvalue weighted by Gasteiger charge is -2.12. The molecule has 5 rings (SSSR count). The normalized spacial score (nSPS) is 11.7. The number of para-hydroxylation sites is 2. The Morgan fingerprint density at radius 2 is 1.73 bits per heavy atom. The van der Waals surface area contributed by atoms with Gasteiger partial charge in [-0.15, -0.1) is 0 Å². The van der Waals surface area contributed by atoms with Crippen LogP contribution >= 0.6 is 0 Å². The van der Waals surface area contributed by atoms with E-state index in [0.29, 0.717) is 5.82 Å². The molecule has 3 aromatic heterocycles. The average Bonchev–Trinajstić information content (AvgIpc) is 3.35. The standard InChI is InChI=1S/C21H14N6O2S/c1-26-17-10-6-5-9-16(17)25-21(26)19-18(30(28,29)15-7-3-2-4-8-15)13-23-20-14(11-22)12-24-27(19)20/h2-10,12-13H,1H3. The van der Waals surface area contributed by atoms with Crippen molar-refractivity contribution in [1.29, 1.82) is 5.26 Å². The minimum Gasteiger partial charge on any atom is -0.326 e. The number of nitriles is 1. The largest absolute Gasteiger partial charge is 0.326 e. The highest BCUT2D eigenvalue weighted by Crippen LogP contribution is 2.32. The Morgan fingerprint density at radius 1 is 1.00 bits per heavy atom. The van der Waals surface area contributed by atoms with Crippen LogP contribution in [0.3, 0.4) is 0 Å². The smallest absolute Gasteiger partial charge is 0.210 e. The minimum atomic E-state index is -3.92. The Labute approximate surface area is 171 Å². The maximum absolute atomic E-state index is 13.5. The SMILES string of the molecule is Cn1c(-c2c(S(=O)(=O)c3ccccc3)cnc3c(C#N)cnn23)nc2ccccc21. The van der Waals surface area contributed by atoms with Gasteiger partial charge in [0.25, 0.3) is 0 Å². The van der Waals surface area contributed by atoms with Crippen LogP contribution in [0.4, 0.5) is 0 Å². The molecule has 0 fully saturated rings. The predicted octanol–water partition coefficient (Wildman–Crippen LogP) is 2.99. The Kier molecular flexibility index (Phi) is 3.91. The lowest BCUT2D eigenvalue weighted by Crippen LogP contribution is -2.11. The number of benzene rings is 2. The van der Waals surface area contributed by atoms with E-state index in [1.54, 1.807) is 18.2 Å². The Balaban J connectivity index is 1.92. The number of aromatic nitrogens is 5. The molecule has 0 saturated carbocycles. The number of aryl methyl sites for hydroxylation is 1. The highest BCUT2D eigenvalue weighted by molar-refractivity contribution is 7.91. The summed E-state index contributed by atoms with van der Waals surface area (Å²) in [4.78, 5) is 9.00. The molecule has 0 radical (unpaired) electrons. The number of hydrogen-bond donors (Lipinski definition) is 0. The third-order valence-corrected chi connectivity index (χ3v) is 6.73. The van der Waals surface area contributed by atoms with Gasteiger partial charge in [0.2, 0.25) is 9.84 Å². The Hall–Kier alpha value is -4.03. The third kappa shape index (κ3) is 2.51. The van der Waals surface area contributed by atoms with Gasteiger partial charge in [-0.25, -0.2) is 22.9 Å². The van der Waals surface area contributed by atoms with E-state index in [1.807, 2.05) is 41.9 Å². The van der Waals surface area contributed by atoms with Crippen LogP contribution in [0.2, 0.25) is 0 Å². The average molecular weight is 414 g/mol. The van der Waals surface area contributed by atoms with E-state index in [0.717, 1.165) is 11.0 Å². The van der Waals surface area contributed by atoms with E-state index in [4.69, 9.17) is 0 Å². The first-order valence-corrected chi connectivity index (χ1v) is 10.5. The van der Waals surface area contributed by atoms with E-state index < -0.39 is 9.84 Å². The molecule has 2 aromatic carbocycles. The number of nitrogens with zero attached hydrogens (tertiary/aromatic N) is 6. The quantitative estimate of drug-likeness (QED) is 0.449. The van der Waals surface area contributed by atoms with Crippen molar-refractivity contribution >= 4 is 26.5 Å². The molecule has 0 aliphatic carbocycles. The summed E-state index contributed by atoms with van der Waals surface area (Å²) in [6.45, 7) is 0. The van der Waals surface area contributed by atoms with Crippen molar-refractivity contribution in [2.75, 3.05) is 0 Å². The van der Waals surface area contributed by atoms with Gasteiger partial charge in [0.05, 0.1) is 28.3 Å². The lowest BCUT2D eigenvalue weighted by atomic mass is 10.3. The molecular weight excluding hydrogens is 400 g/mol. The van der Waals surface area contributed by atoms with Crippen LogP contribution in [0, 0.1) is 11.3 Å². The monoisotopic (exact) mass is 414 g/mol. The molecule has 0 saturated heterocycles. The van der Waals surface area contributed by atoms with Gasteiger partial charge >= 0.3 is 0 Å². The van der Waals surface area contributed by atoms with Gasteiger partial charge in [-0.1, -0.05) is 30.3 Å². The zero-order valence-electron chi connectivity index (χ0n) is 15.8. The summed E-state index contributed by atoms with van der Waals surface area (Å²) < 4.78 is 30.2. The molecule has 146 valence electrons. The molecule has 0 aliphatic heterocycles. The Bertz CT molecular complexity index is 1580. The molecular formula is C21H14N6O2S. The zero-order chi connectivity index (χ0) is 20.9. The number of rotatable bonds is 3. The molecule has 0 bridgehead atoms. The van der Waals surface area contributed by atoms with Gasteiger partial charge in [-0.3, -0.25) is 0 Å². The zero-order valence-corrected chi connectivity index (χ0v) is 16.6. The second-order valence-corrected chi connectivity index (χ2v) is 8.59. The molecule has 0 unspecified atom stereocenters. The molecule has 0 aliphatic rings. The van der Waals surface area contributed by atoms with E-state index in [1.165, 1.54) is 29.0 Å². The summed E-state index contributed by atoms with van der Waals surface area (Å²) in [5, 5.41) is 13.6. The van der Waals surface area contributed by atoms with Gasteiger partial charge in [-0.2, -0.15) is 10.4 Å². The number of imidazole rings is 1. The highest BCUT2D eigenvalue weighted by Gasteiger charge is 2.28. The summed E-state index contributed by atoms with van der Waals surface area (Å²) in [6, 6.07) is 17.7. The van der Waals surface area contributed by atoms with Gasteiger partial charge in [-0.05, 0) is 24.3 Å². The van der Waals surface area contributed by atoms with Gasteiger partial charge in [0.1, 0.15) is 22.2 Å². The molecule has 0 spiro atoms. The third-order valence-electron chi connectivity index (χ3n) is 4.96. The second-order valence-electron chi connectivity index (χ2n) is 6.68. The van der Waals surface area contributed by atoms with E-state index in [9.17, 15) is 13.7 Å². The van der Waals surface area contributed by atoms with Gasteiger partial charge < -0.3 is 4.57 Å². The number of sulfone groups is 1.